The van der Waals surface area contributed by atoms with Crippen LogP contribution in [0.5, 0.6) is 5.75 Å². The van der Waals surface area contributed by atoms with Gasteiger partial charge >= 0.3 is 0 Å². The molecule has 0 aromatic heterocycles. The average molecular weight is 597 g/mol. The first kappa shape index (κ1) is 19.0. The van der Waals surface area contributed by atoms with E-state index in [1.165, 1.54) is 11.8 Å². The number of nitrogens with zero attached hydrogens (tertiary/aromatic N) is 1. The summed E-state index contributed by atoms with van der Waals surface area (Å²) >= 11 is 11.5. The second-order valence-electron chi connectivity index (χ2n) is 5.24. The molecule has 1 aliphatic rings. The normalized spacial score (nSPS) is 17.4. The Hall–Kier alpha value is -0.780. The summed E-state index contributed by atoms with van der Waals surface area (Å²) < 4.78 is 1.72. The van der Waals surface area contributed by atoms with E-state index in [1.54, 1.807) is 18.2 Å². The summed E-state index contributed by atoms with van der Waals surface area (Å²) in [5.41, 5.74) is 2.28. The highest BCUT2D eigenvalue weighted by atomic mass is 127. The molecule has 1 aliphatic heterocycles. The van der Waals surface area contributed by atoms with Crippen molar-refractivity contribution in [3.63, 3.8) is 0 Å². The molecule has 0 spiro atoms. The average Bonchev–Trinajstić information content (AvgIpc) is 2.87. The van der Waals surface area contributed by atoms with E-state index < -0.39 is 0 Å². The molecule has 0 radical (unpaired) electrons. The van der Waals surface area contributed by atoms with Crippen molar-refractivity contribution in [2.24, 2.45) is 4.99 Å². The zero-order valence-electron chi connectivity index (χ0n) is 12.8. The molecular formula is C17H11ClI2N2O2S. The van der Waals surface area contributed by atoms with Crippen LogP contribution in [0.4, 0.5) is 5.69 Å². The van der Waals surface area contributed by atoms with E-state index in [2.05, 4.69) is 55.5 Å². The number of amidine groups is 1. The van der Waals surface area contributed by atoms with Gasteiger partial charge in [-0.3, -0.25) is 4.79 Å². The van der Waals surface area contributed by atoms with Crippen molar-refractivity contribution in [1.82, 2.24) is 5.32 Å². The number of carbonyl (C=O) groups excluding carboxylic acids is 1. The molecule has 3 rings (SSSR count). The maximum Gasteiger partial charge on any atom is 0.264 e. The van der Waals surface area contributed by atoms with Crippen molar-refractivity contribution in [3.05, 3.63) is 58.5 Å². The monoisotopic (exact) mass is 596 g/mol. The third kappa shape index (κ3) is 4.50. The quantitative estimate of drug-likeness (QED) is 0.358. The third-order valence-electron chi connectivity index (χ3n) is 3.39. The smallest absolute Gasteiger partial charge is 0.264 e. The van der Waals surface area contributed by atoms with Crippen LogP contribution >= 0.6 is 68.5 Å². The van der Waals surface area contributed by atoms with Crippen molar-refractivity contribution in [3.8, 4) is 5.75 Å². The summed E-state index contributed by atoms with van der Waals surface area (Å²) in [6, 6.07) is 9.13. The van der Waals surface area contributed by atoms with Crippen LogP contribution in [-0.2, 0) is 4.79 Å². The second kappa shape index (κ2) is 7.85. The highest BCUT2D eigenvalue weighted by Gasteiger charge is 2.24. The summed E-state index contributed by atoms with van der Waals surface area (Å²) in [5.74, 6) is -0.0744. The topological polar surface area (TPSA) is 61.7 Å². The zero-order chi connectivity index (χ0) is 18.1. The van der Waals surface area contributed by atoms with Gasteiger partial charge in [0.15, 0.2) is 5.17 Å². The largest absolute Gasteiger partial charge is 0.506 e. The van der Waals surface area contributed by atoms with Gasteiger partial charge in [0.25, 0.3) is 5.91 Å². The van der Waals surface area contributed by atoms with E-state index in [9.17, 15) is 9.90 Å². The Labute approximate surface area is 181 Å². The fourth-order valence-electron chi connectivity index (χ4n) is 2.13. The molecule has 8 heteroatoms. The highest BCUT2D eigenvalue weighted by molar-refractivity contribution is 14.1. The van der Waals surface area contributed by atoms with E-state index in [0.717, 1.165) is 12.7 Å². The number of benzene rings is 2. The third-order valence-corrected chi connectivity index (χ3v) is 5.98. The number of aliphatic imine (C=N–C) groups is 1. The van der Waals surface area contributed by atoms with Gasteiger partial charge in [-0.1, -0.05) is 17.7 Å². The standard InChI is InChI=1S/C17H11ClI2N2O2S/c1-8-2-3-10(18)6-13(8)21-17-22-16(24)14(25-17)5-9-4-11(19)7-12(20)15(9)23/h2-7,23H,1H3,(H,21,22,24)/b14-5-. The minimum Gasteiger partial charge on any atom is -0.506 e. The van der Waals surface area contributed by atoms with Gasteiger partial charge in [0.1, 0.15) is 5.75 Å². The lowest BCUT2D eigenvalue weighted by atomic mass is 10.2. The minimum absolute atomic E-state index is 0.165. The van der Waals surface area contributed by atoms with Crippen molar-refractivity contribution < 1.29 is 9.90 Å². The first-order valence-corrected chi connectivity index (χ1v) is 10.4. The number of hydrogen-bond acceptors (Lipinski definition) is 4. The molecule has 0 atom stereocenters. The van der Waals surface area contributed by atoms with Crippen molar-refractivity contribution >= 4 is 91.4 Å². The fourth-order valence-corrected chi connectivity index (χ4v) is 5.01. The first-order chi connectivity index (χ1) is 11.8. The number of halogens is 3. The predicted molar refractivity (Wildman–Crippen MR) is 121 cm³/mol. The molecule has 128 valence electrons. The number of rotatable bonds is 2. The summed E-state index contributed by atoms with van der Waals surface area (Å²) in [5, 5.41) is 14.0. The Morgan fingerprint density at radius 2 is 2.04 bits per heavy atom. The molecule has 2 N–H and O–H groups in total. The van der Waals surface area contributed by atoms with Gasteiger partial charge in [-0.15, -0.1) is 0 Å². The molecule has 0 aliphatic carbocycles. The number of phenols is 1. The summed E-state index contributed by atoms with van der Waals surface area (Å²) in [6.07, 6.45) is 1.67. The van der Waals surface area contributed by atoms with Gasteiger partial charge in [-0.2, -0.15) is 0 Å². The van der Waals surface area contributed by atoms with Crippen LogP contribution in [0.25, 0.3) is 6.08 Å². The predicted octanol–water partition coefficient (Wildman–Crippen LogP) is 5.45. The van der Waals surface area contributed by atoms with Crippen molar-refractivity contribution in [2.45, 2.75) is 6.92 Å². The molecular weight excluding hydrogens is 586 g/mol. The lowest BCUT2D eigenvalue weighted by Crippen LogP contribution is -2.19. The molecule has 1 amide bonds. The number of thioether (sulfide) groups is 1. The number of hydrogen-bond donors (Lipinski definition) is 2. The molecule has 0 unspecified atom stereocenters. The molecule has 2 aromatic carbocycles. The number of nitrogens with one attached hydrogen (secondary N) is 1. The number of aromatic hydroxyl groups is 1. The Morgan fingerprint density at radius 1 is 1.28 bits per heavy atom. The Bertz CT molecular complexity index is 944. The molecule has 0 saturated carbocycles. The lowest BCUT2D eigenvalue weighted by Gasteiger charge is -2.03. The van der Waals surface area contributed by atoms with Crippen LogP contribution in [-0.4, -0.2) is 16.2 Å². The highest BCUT2D eigenvalue weighted by Crippen LogP contribution is 2.34. The van der Waals surface area contributed by atoms with Crippen molar-refractivity contribution in [1.29, 1.82) is 0 Å². The molecule has 0 bridgehead atoms. The maximum absolute atomic E-state index is 12.2. The SMILES string of the molecule is Cc1ccc(Cl)cc1N=C1NC(=O)/C(=C/c2cc(I)cc(I)c2O)S1. The Kier molecular flexibility index (Phi) is 5.96. The number of carbonyl (C=O) groups is 1. The van der Waals surface area contributed by atoms with Gasteiger partial charge in [0.2, 0.25) is 0 Å². The zero-order valence-corrected chi connectivity index (χ0v) is 18.7. The van der Waals surface area contributed by atoms with E-state index in [1.807, 2.05) is 25.1 Å². The first-order valence-electron chi connectivity index (χ1n) is 7.07. The molecule has 2 aromatic rings. The van der Waals surface area contributed by atoms with Gasteiger partial charge in [0, 0.05) is 14.2 Å². The van der Waals surface area contributed by atoms with Crippen LogP contribution in [0.15, 0.2) is 40.2 Å². The van der Waals surface area contributed by atoms with Crippen LogP contribution in [0.3, 0.4) is 0 Å². The molecule has 1 heterocycles. The van der Waals surface area contributed by atoms with Gasteiger partial charge in [-0.25, -0.2) is 4.99 Å². The van der Waals surface area contributed by atoms with Crippen LogP contribution < -0.4 is 5.32 Å². The van der Waals surface area contributed by atoms with Crippen molar-refractivity contribution in [2.75, 3.05) is 0 Å². The van der Waals surface area contributed by atoms with E-state index >= 15 is 0 Å². The van der Waals surface area contributed by atoms with E-state index in [0.29, 0.717) is 26.3 Å². The van der Waals surface area contributed by atoms with Gasteiger partial charge in [-0.05, 0) is 99.8 Å². The fraction of sp³-hybridized carbons (Fsp3) is 0.0588. The summed E-state index contributed by atoms with van der Waals surface area (Å²) in [6.45, 7) is 1.93. The lowest BCUT2D eigenvalue weighted by molar-refractivity contribution is -0.115. The maximum atomic E-state index is 12.2. The minimum atomic E-state index is -0.239. The van der Waals surface area contributed by atoms with Gasteiger partial charge in [0.05, 0.1) is 14.2 Å². The van der Waals surface area contributed by atoms with Gasteiger partial charge < -0.3 is 10.4 Å². The molecule has 1 saturated heterocycles. The number of phenolic OH excluding ortho intramolecular Hbond substituents is 1. The van der Waals surface area contributed by atoms with E-state index in [-0.39, 0.29) is 11.7 Å². The summed E-state index contributed by atoms with van der Waals surface area (Å²) in [7, 11) is 0. The molecule has 4 nitrogen and oxygen atoms in total. The Balaban J connectivity index is 1.93. The Morgan fingerprint density at radius 3 is 2.80 bits per heavy atom. The molecule has 1 fully saturated rings. The molecule has 25 heavy (non-hydrogen) atoms. The van der Waals surface area contributed by atoms with E-state index in [4.69, 9.17) is 11.6 Å². The summed E-state index contributed by atoms with van der Waals surface area (Å²) in [4.78, 5) is 17.2. The van der Waals surface area contributed by atoms with Crippen LogP contribution in [0, 0.1) is 14.1 Å². The number of aryl methyl sites for hydroxylation is 1. The van der Waals surface area contributed by atoms with Crippen LogP contribution in [0.1, 0.15) is 11.1 Å². The number of amides is 1. The van der Waals surface area contributed by atoms with Crippen LogP contribution in [0.2, 0.25) is 5.02 Å². The second-order valence-corrected chi connectivity index (χ2v) is 9.11.